The predicted octanol–water partition coefficient (Wildman–Crippen LogP) is 2.62. The van der Waals surface area contributed by atoms with E-state index in [1.165, 1.54) is 12.1 Å². The van der Waals surface area contributed by atoms with Crippen LogP contribution in [0.5, 0.6) is 0 Å². The molecule has 0 aliphatic heterocycles. The maximum absolute atomic E-state index is 11.1. The van der Waals surface area contributed by atoms with Crippen LogP contribution in [0.15, 0.2) is 24.3 Å². The van der Waals surface area contributed by atoms with Gasteiger partial charge in [0.05, 0.1) is 17.6 Å². The Morgan fingerprint density at radius 1 is 1.22 bits per heavy atom. The molecule has 0 amide bonds. The summed E-state index contributed by atoms with van der Waals surface area (Å²) in [4.78, 5) is 21.1. The van der Waals surface area contributed by atoms with Crippen LogP contribution in [0.1, 0.15) is 31.2 Å². The smallest absolute Gasteiger partial charge is 0.269 e. The number of Topliss-reactive ketones (excluding diaryl/α,β-unsaturated/α-hetero) is 1. The molecule has 0 aromatic heterocycles. The highest BCUT2D eigenvalue weighted by molar-refractivity contribution is 5.79. The van der Waals surface area contributed by atoms with Gasteiger partial charge in [-0.2, -0.15) is 0 Å². The number of hydrogen-bond donors (Lipinski definition) is 0. The van der Waals surface area contributed by atoms with Gasteiger partial charge in [-0.3, -0.25) is 14.9 Å². The largest absolute Gasteiger partial charge is 0.374 e. The first-order valence-corrected chi connectivity index (χ1v) is 6.02. The molecule has 1 fully saturated rings. The Bertz CT molecular complexity index is 431. The normalized spacial score (nSPS) is 16.8. The summed E-state index contributed by atoms with van der Waals surface area (Å²) in [6, 6.07) is 6.35. The molecule has 0 saturated heterocycles. The van der Waals surface area contributed by atoms with Crippen LogP contribution >= 0.6 is 0 Å². The van der Waals surface area contributed by atoms with Crippen molar-refractivity contribution >= 4 is 11.5 Å². The van der Waals surface area contributed by atoms with Crippen molar-refractivity contribution in [3.05, 3.63) is 39.9 Å². The van der Waals surface area contributed by atoms with E-state index in [0.29, 0.717) is 25.2 Å². The van der Waals surface area contributed by atoms with Crippen LogP contribution in [0.25, 0.3) is 0 Å². The minimum Gasteiger partial charge on any atom is -0.374 e. The van der Waals surface area contributed by atoms with Gasteiger partial charge in [-0.25, -0.2) is 0 Å². The minimum atomic E-state index is -0.419. The van der Waals surface area contributed by atoms with E-state index in [9.17, 15) is 14.9 Å². The van der Waals surface area contributed by atoms with E-state index in [0.717, 1.165) is 18.4 Å². The number of hydrogen-bond acceptors (Lipinski definition) is 4. The summed E-state index contributed by atoms with van der Waals surface area (Å²) >= 11 is 0. The van der Waals surface area contributed by atoms with Crippen molar-refractivity contribution in [2.24, 2.45) is 0 Å². The van der Waals surface area contributed by atoms with Crippen LogP contribution in [-0.2, 0) is 16.1 Å². The van der Waals surface area contributed by atoms with E-state index >= 15 is 0 Å². The molecule has 96 valence electrons. The third-order valence-corrected chi connectivity index (χ3v) is 3.12. The molecule has 0 unspecified atom stereocenters. The van der Waals surface area contributed by atoms with Crippen LogP contribution in [0.3, 0.4) is 0 Å². The molecule has 0 radical (unpaired) electrons. The van der Waals surface area contributed by atoms with Gasteiger partial charge in [0.1, 0.15) is 5.78 Å². The zero-order valence-electron chi connectivity index (χ0n) is 10.0. The Morgan fingerprint density at radius 2 is 1.83 bits per heavy atom. The van der Waals surface area contributed by atoms with E-state index in [1.807, 2.05) is 0 Å². The number of ketones is 1. The lowest BCUT2D eigenvalue weighted by atomic mass is 9.96. The number of carbonyl (C=O) groups is 1. The first-order valence-electron chi connectivity index (χ1n) is 6.02. The van der Waals surface area contributed by atoms with Crippen molar-refractivity contribution < 1.29 is 14.5 Å². The third kappa shape index (κ3) is 3.37. The summed E-state index contributed by atoms with van der Waals surface area (Å²) in [6.45, 7) is 0.441. The number of nitro benzene ring substituents is 1. The number of nitro groups is 1. The Kier molecular flexibility index (Phi) is 4.04. The lowest BCUT2D eigenvalue weighted by Gasteiger charge is -2.21. The highest BCUT2D eigenvalue weighted by Gasteiger charge is 2.19. The van der Waals surface area contributed by atoms with E-state index in [1.54, 1.807) is 12.1 Å². The molecule has 1 aromatic rings. The maximum atomic E-state index is 11.1. The lowest BCUT2D eigenvalue weighted by Crippen LogP contribution is -2.21. The van der Waals surface area contributed by atoms with Crippen molar-refractivity contribution in [3.8, 4) is 0 Å². The maximum Gasteiger partial charge on any atom is 0.269 e. The van der Waals surface area contributed by atoms with Gasteiger partial charge in [0.15, 0.2) is 0 Å². The summed E-state index contributed by atoms with van der Waals surface area (Å²) in [5, 5.41) is 10.5. The van der Waals surface area contributed by atoms with Gasteiger partial charge >= 0.3 is 0 Å². The zero-order valence-corrected chi connectivity index (χ0v) is 10.0. The topological polar surface area (TPSA) is 69.4 Å². The summed E-state index contributed by atoms with van der Waals surface area (Å²) in [7, 11) is 0. The number of non-ortho nitro benzene ring substituents is 1. The van der Waals surface area contributed by atoms with Crippen LogP contribution in [0.4, 0.5) is 5.69 Å². The number of ether oxygens (including phenoxy) is 1. The molecule has 0 atom stereocenters. The molecular weight excluding hydrogens is 234 g/mol. The average Bonchev–Trinajstić information content (AvgIpc) is 2.38. The minimum absolute atomic E-state index is 0.0852. The summed E-state index contributed by atoms with van der Waals surface area (Å²) in [5.74, 6) is 0.310. The number of carbonyl (C=O) groups excluding carboxylic acids is 1. The van der Waals surface area contributed by atoms with Crippen LogP contribution in [0.2, 0.25) is 0 Å². The van der Waals surface area contributed by atoms with E-state index < -0.39 is 4.92 Å². The molecule has 18 heavy (non-hydrogen) atoms. The zero-order chi connectivity index (χ0) is 13.0. The van der Waals surface area contributed by atoms with Crippen molar-refractivity contribution in [2.75, 3.05) is 0 Å². The number of nitrogens with zero attached hydrogens (tertiary/aromatic N) is 1. The molecule has 0 N–H and O–H groups in total. The fourth-order valence-corrected chi connectivity index (χ4v) is 2.01. The molecule has 0 heterocycles. The van der Waals surface area contributed by atoms with Crippen molar-refractivity contribution in [1.82, 2.24) is 0 Å². The fourth-order valence-electron chi connectivity index (χ4n) is 2.01. The Labute approximate surface area is 105 Å². The Hall–Kier alpha value is -1.75. The molecule has 5 nitrogen and oxygen atoms in total. The second-order valence-electron chi connectivity index (χ2n) is 4.47. The van der Waals surface area contributed by atoms with Gasteiger partial charge in [0.25, 0.3) is 5.69 Å². The summed E-state index contributed by atoms with van der Waals surface area (Å²) in [5.41, 5.74) is 1.000. The second kappa shape index (κ2) is 5.73. The molecule has 0 spiro atoms. The number of rotatable bonds is 4. The first kappa shape index (κ1) is 12.7. The fraction of sp³-hybridized carbons (Fsp3) is 0.462. The molecular formula is C13H15NO4. The summed E-state index contributed by atoms with van der Waals surface area (Å²) in [6.07, 6.45) is 2.91. The molecule has 0 bridgehead atoms. The van der Waals surface area contributed by atoms with Gasteiger partial charge in [0, 0.05) is 25.0 Å². The van der Waals surface area contributed by atoms with Crippen molar-refractivity contribution in [1.29, 1.82) is 0 Å². The molecule has 5 heteroatoms. The van der Waals surface area contributed by atoms with Crippen LogP contribution in [0, 0.1) is 10.1 Å². The highest BCUT2D eigenvalue weighted by atomic mass is 16.6. The Morgan fingerprint density at radius 3 is 2.39 bits per heavy atom. The van der Waals surface area contributed by atoms with E-state index in [4.69, 9.17) is 4.74 Å². The van der Waals surface area contributed by atoms with E-state index in [2.05, 4.69) is 0 Å². The van der Waals surface area contributed by atoms with Crippen LogP contribution < -0.4 is 0 Å². The standard InChI is InChI=1S/C13H15NO4/c15-12-5-7-13(8-6-12)18-9-10-1-3-11(4-2-10)14(16)17/h1-4,13H,5-9H2. The predicted molar refractivity (Wildman–Crippen MR) is 65.1 cm³/mol. The SMILES string of the molecule is O=C1CCC(OCc2ccc([N+](=O)[O-])cc2)CC1. The molecule has 1 aromatic carbocycles. The second-order valence-corrected chi connectivity index (χ2v) is 4.47. The Balaban J connectivity index is 1.83. The average molecular weight is 249 g/mol. The van der Waals surface area contributed by atoms with Crippen molar-refractivity contribution in [3.63, 3.8) is 0 Å². The van der Waals surface area contributed by atoms with E-state index in [-0.39, 0.29) is 11.8 Å². The lowest BCUT2D eigenvalue weighted by molar-refractivity contribution is -0.384. The van der Waals surface area contributed by atoms with Gasteiger partial charge in [-0.15, -0.1) is 0 Å². The monoisotopic (exact) mass is 249 g/mol. The molecule has 1 aliphatic rings. The van der Waals surface area contributed by atoms with Gasteiger partial charge in [0.2, 0.25) is 0 Å². The highest BCUT2D eigenvalue weighted by Crippen LogP contribution is 2.20. The summed E-state index contributed by atoms with van der Waals surface area (Å²) < 4.78 is 5.70. The molecule has 1 aliphatic carbocycles. The molecule has 2 rings (SSSR count). The van der Waals surface area contributed by atoms with Gasteiger partial charge in [-0.1, -0.05) is 0 Å². The van der Waals surface area contributed by atoms with Crippen molar-refractivity contribution in [2.45, 2.75) is 38.4 Å². The van der Waals surface area contributed by atoms with Crippen LogP contribution in [-0.4, -0.2) is 16.8 Å². The first-order chi connectivity index (χ1) is 8.65. The third-order valence-electron chi connectivity index (χ3n) is 3.12. The van der Waals surface area contributed by atoms with Gasteiger partial charge < -0.3 is 4.74 Å². The quantitative estimate of drug-likeness (QED) is 0.607. The number of benzene rings is 1. The van der Waals surface area contributed by atoms with Gasteiger partial charge in [-0.05, 0) is 30.5 Å². The molecule has 1 saturated carbocycles.